The summed E-state index contributed by atoms with van der Waals surface area (Å²) < 4.78 is 6.23. The molecule has 3 nitrogen and oxygen atoms in total. The van der Waals surface area contributed by atoms with Crippen LogP contribution >= 0.6 is 0 Å². The molecule has 0 aliphatic rings. The standard InChI is InChI=1S/C18H40O3Si/c1-12(2)22(13(3)4,14(5)6)21-20-17(16(8)19)15(7)18(9,10)11/h12-17,19H,1-11H3/t15-,16+,17+/m1/s1. The van der Waals surface area contributed by atoms with Gasteiger partial charge in [-0.25, -0.2) is 4.89 Å². The van der Waals surface area contributed by atoms with Crippen molar-refractivity contribution in [2.45, 2.75) is 105 Å². The minimum Gasteiger partial charge on any atom is -0.391 e. The first kappa shape index (κ1) is 22.1. The summed E-state index contributed by atoms with van der Waals surface area (Å²) in [6.45, 7) is 23.9. The molecule has 134 valence electrons. The van der Waals surface area contributed by atoms with Crippen LogP contribution in [0.15, 0.2) is 0 Å². The SMILES string of the molecule is CC(C)[Si](OO[C@H]([C@H](C)O)[C@@H](C)C(C)(C)C)(C(C)C)C(C)C. The molecule has 1 N–H and O–H groups in total. The second kappa shape index (κ2) is 8.27. The van der Waals surface area contributed by atoms with Crippen LogP contribution in [0.25, 0.3) is 0 Å². The molecule has 0 aliphatic carbocycles. The predicted molar refractivity (Wildman–Crippen MR) is 97.3 cm³/mol. The van der Waals surface area contributed by atoms with Gasteiger partial charge in [-0.3, -0.25) is 4.58 Å². The maximum absolute atomic E-state index is 10.2. The van der Waals surface area contributed by atoms with E-state index in [-0.39, 0.29) is 17.4 Å². The fourth-order valence-electron chi connectivity index (χ4n) is 3.50. The fraction of sp³-hybridized carbons (Fsp3) is 1.00. The summed E-state index contributed by atoms with van der Waals surface area (Å²) in [5, 5.41) is 10.2. The van der Waals surface area contributed by atoms with Gasteiger partial charge in [-0.2, -0.15) is 0 Å². The first-order valence-corrected chi connectivity index (χ1v) is 10.9. The molecule has 0 heterocycles. The number of aliphatic hydroxyl groups excluding tert-OH is 1. The molecule has 0 saturated carbocycles. The summed E-state index contributed by atoms with van der Waals surface area (Å²) in [4.78, 5) is 5.95. The normalized spacial score (nSPS) is 18.1. The number of hydrogen-bond acceptors (Lipinski definition) is 3. The van der Waals surface area contributed by atoms with Crippen molar-refractivity contribution in [3.63, 3.8) is 0 Å². The number of rotatable bonds is 8. The van der Waals surface area contributed by atoms with Crippen LogP contribution in [0.5, 0.6) is 0 Å². The molecule has 3 atom stereocenters. The average Bonchev–Trinajstić information content (AvgIpc) is 2.30. The molecule has 0 radical (unpaired) electrons. The molecule has 0 unspecified atom stereocenters. The van der Waals surface area contributed by atoms with Gasteiger partial charge in [-0.15, -0.1) is 0 Å². The zero-order chi connectivity index (χ0) is 17.9. The molecule has 0 spiro atoms. The molecular weight excluding hydrogens is 292 g/mol. The Morgan fingerprint density at radius 3 is 1.36 bits per heavy atom. The Hall–Kier alpha value is 0.0969. The van der Waals surface area contributed by atoms with E-state index < -0.39 is 14.4 Å². The lowest BCUT2D eigenvalue weighted by molar-refractivity contribution is -0.295. The zero-order valence-corrected chi connectivity index (χ0v) is 17.7. The van der Waals surface area contributed by atoms with Gasteiger partial charge >= 0.3 is 0 Å². The molecule has 0 aromatic rings. The number of hydrogen-bond donors (Lipinski definition) is 1. The van der Waals surface area contributed by atoms with Crippen molar-refractivity contribution in [1.82, 2.24) is 0 Å². The van der Waals surface area contributed by atoms with Gasteiger partial charge < -0.3 is 5.11 Å². The maximum Gasteiger partial charge on any atom is 0.246 e. The Labute approximate surface area is 139 Å². The van der Waals surface area contributed by atoms with Crippen LogP contribution in [0, 0.1) is 11.3 Å². The molecule has 0 rings (SSSR count). The van der Waals surface area contributed by atoms with Crippen molar-refractivity contribution in [2.75, 3.05) is 0 Å². The highest BCUT2D eigenvalue weighted by atomic mass is 28.4. The van der Waals surface area contributed by atoms with E-state index in [4.69, 9.17) is 9.46 Å². The quantitative estimate of drug-likeness (QED) is 0.360. The summed E-state index contributed by atoms with van der Waals surface area (Å²) in [5.74, 6) is 0.200. The summed E-state index contributed by atoms with van der Waals surface area (Å²) in [7, 11) is -2.07. The summed E-state index contributed by atoms with van der Waals surface area (Å²) in [5.41, 5.74) is 1.45. The highest BCUT2D eigenvalue weighted by Gasteiger charge is 2.48. The van der Waals surface area contributed by atoms with Gasteiger partial charge in [0.1, 0.15) is 6.10 Å². The van der Waals surface area contributed by atoms with Crippen LogP contribution < -0.4 is 0 Å². The largest absolute Gasteiger partial charge is 0.391 e. The first-order valence-electron chi connectivity index (χ1n) is 8.80. The van der Waals surface area contributed by atoms with Crippen LogP contribution in [0.1, 0.15) is 76.2 Å². The Balaban J connectivity index is 5.32. The molecular formula is C18H40O3Si. The topological polar surface area (TPSA) is 38.7 Å². The molecule has 0 aliphatic heterocycles. The summed E-state index contributed by atoms with van der Waals surface area (Å²) in [6.07, 6.45) is -0.851. The maximum atomic E-state index is 10.2. The van der Waals surface area contributed by atoms with E-state index in [0.29, 0.717) is 16.6 Å². The minimum atomic E-state index is -2.07. The van der Waals surface area contributed by atoms with E-state index in [1.165, 1.54) is 0 Å². The molecule has 0 aromatic heterocycles. The second-order valence-electron chi connectivity index (χ2n) is 8.86. The molecule has 0 saturated heterocycles. The third-order valence-corrected chi connectivity index (χ3v) is 11.1. The zero-order valence-electron chi connectivity index (χ0n) is 16.7. The van der Waals surface area contributed by atoms with Gasteiger partial charge in [0.25, 0.3) is 0 Å². The van der Waals surface area contributed by atoms with E-state index in [1.54, 1.807) is 6.92 Å². The van der Waals surface area contributed by atoms with Crippen molar-refractivity contribution in [2.24, 2.45) is 11.3 Å². The van der Waals surface area contributed by atoms with E-state index in [0.717, 1.165) is 0 Å². The lowest BCUT2D eigenvalue weighted by Gasteiger charge is -2.43. The highest BCUT2D eigenvalue weighted by molar-refractivity contribution is 6.77. The van der Waals surface area contributed by atoms with E-state index in [1.807, 2.05) is 0 Å². The van der Waals surface area contributed by atoms with Crippen molar-refractivity contribution in [1.29, 1.82) is 0 Å². The van der Waals surface area contributed by atoms with E-state index in [9.17, 15) is 5.11 Å². The second-order valence-corrected chi connectivity index (χ2v) is 14.2. The Bertz CT molecular complexity index is 297. The van der Waals surface area contributed by atoms with E-state index >= 15 is 0 Å². The molecule has 0 fully saturated rings. The van der Waals surface area contributed by atoms with Crippen LogP contribution in [0.3, 0.4) is 0 Å². The lowest BCUT2D eigenvalue weighted by atomic mass is 9.77. The smallest absolute Gasteiger partial charge is 0.246 e. The Morgan fingerprint density at radius 2 is 1.14 bits per heavy atom. The van der Waals surface area contributed by atoms with Gasteiger partial charge in [-0.1, -0.05) is 69.2 Å². The third-order valence-electron chi connectivity index (χ3n) is 5.34. The molecule has 0 bridgehead atoms. The molecule has 0 amide bonds. The monoisotopic (exact) mass is 332 g/mol. The van der Waals surface area contributed by atoms with Gasteiger partial charge in [0.05, 0.1) is 6.10 Å². The van der Waals surface area contributed by atoms with Gasteiger partial charge in [0.2, 0.25) is 8.32 Å². The minimum absolute atomic E-state index is 0.0583. The van der Waals surface area contributed by atoms with Crippen LogP contribution in [0.2, 0.25) is 16.6 Å². The predicted octanol–water partition coefficient (Wildman–Crippen LogP) is 5.54. The van der Waals surface area contributed by atoms with Gasteiger partial charge in [0.15, 0.2) is 0 Å². The lowest BCUT2D eigenvalue weighted by Crippen LogP contribution is -2.50. The molecule has 0 aromatic carbocycles. The summed E-state index contributed by atoms with van der Waals surface area (Å²) in [6, 6.07) is 0. The van der Waals surface area contributed by atoms with Crippen molar-refractivity contribution < 1.29 is 14.6 Å². The van der Waals surface area contributed by atoms with Crippen molar-refractivity contribution in [3.8, 4) is 0 Å². The van der Waals surface area contributed by atoms with E-state index in [2.05, 4.69) is 69.2 Å². The highest BCUT2D eigenvalue weighted by Crippen LogP contribution is 2.43. The molecule has 4 heteroatoms. The van der Waals surface area contributed by atoms with Crippen LogP contribution in [0.4, 0.5) is 0 Å². The van der Waals surface area contributed by atoms with Gasteiger partial charge in [0, 0.05) is 0 Å². The Morgan fingerprint density at radius 1 is 0.773 bits per heavy atom. The average molecular weight is 333 g/mol. The molecule has 22 heavy (non-hydrogen) atoms. The van der Waals surface area contributed by atoms with Crippen LogP contribution in [-0.2, 0) is 9.46 Å². The fourth-order valence-corrected chi connectivity index (χ4v) is 8.36. The van der Waals surface area contributed by atoms with Gasteiger partial charge in [-0.05, 0) is 34.9 Å². The van der Waals surface area contributed by atoms with Crippen LogP contribution in [-0.4, -0.2) is 25.6 Å². The number of aliphatic hydroxyl groups is 1. The third kappa shape index (κ3) is 5.05. The summed E-state index contributed by atoms with van der Waals surface area (Å²) >= 11 is 0. The first-order chi connectivity index (χ1) is 9.78. The Kier molecular flexibility index (Phi) is 8.31. The van der Waals surface area contributed by atoms with Crippen molar-refractivity contribution in [3.05, 3.63) is 0 Å². The van der Waals surface area contributed by atoms with Crippen molar-refractivity contribution >= 4 is 8.32 Å².